The van der Waals surface area contributed by atoms with Crippen molar-refractivity contribution in [3.05, 3.63) is 60.2 Å². The van der Waals surface area contributed by atoms with E-state index < -0.39 is 12.2 Å². The highest BCUT2D eigenvalue weighted by Crippen LogP contribution is 2.33. The number of alkyl halides is 1. The normalized spacial score (nSPS) is 19.6. The van der Waals surface area contributed by atoms with Crippen molar-refractivity contribution in [3.8, 4) is 16.9 Å². The molecule has 0 bridgehead atoms. The van der Waals surface area contributed by atoms with E-state index in [0.29, 0.717) is 30.0 Å². The van der Waals surface area contributed by atoms with Gasteiger partial charge in [-0.05, 0) is 54.2 Å². The number of carbonyl (C=O) groups excluding carboxylic acids is 1. The van der Waals surface area contributed by atoms with Gasteiger partial charge >= 0.3 is 0 Å². The summed E-state index contributed by atoms with van der Waals surface area (Å²) >= 11 is 0. The third kappa shape index (κ3) is 3.96. The summed E-state index contributed by atoms with van der Waals surface area (Å²) in [4.78, 5) is 14.7. The summed E-state index contributed by atoms with van der Waals surface area (Å²) in [6, 6.07) is 16.7. The Morgan fingerprint density at radius 1 is 1.17 bits per heavy atom. The van der Waals surface area contributed by atoms with E-state index >= 15 is 0 Å². The molecule has 156 valence electrons. The van der Waals surface area contributed by atoms with Crippen molar-refractivity contribution in [2.45, 2.75) is 18.6 Å². The van der Waals surface area contributed by atoms with Gasteiger partial charge in [0.15, 0.2) is 0 Å². The molecule has 3 N–H and O–H groups in total. The van der Waals surface area contributed by atoms with Crippen LogP contribution in [0.2, 0.25) is 0 Å². The van der Waals surface area contributed by atoms with Crippen molar-refractivity contribution in [1.82, 2.24) is 10.2 Å². The Hall–Kier alpha value is -3.12. The Kier molecular flexibility index (Phi) is 5.59. The minimum Gasteiger partial charge on any atom is -0.495 e. The van der Waals surface area contributed by atoms with Crippen LogP contribution in [0.4, 0.5) is 10.1 Å². The second kappa shape index (κ2) is 8.32. The average Bonchev–Trinajstić information content (AvgIpc) is 2.76. The van der Waals surface area contributed by atoms with Crippen molar-refractivity contribution < 1.29 is 13.9 Å². The maximum atomic E-state index is 14.3. The summed E-state index contributed by atoms with van der Waals surface area (Å²) in [7, 11) is 3.48. The number of methoxy groups -OCH3 is 1. The maximum Gasteiger partial charge on any atom is 0.251 e. The number of amides is 1. The molecule has 1 amide bonds. The van der Waals surface area contributed by atoms with Gasteiger partial charge in [-0.1, -0.05) is 30.3 Å². The van der Waals surface area contributed by atoms with Gasteiger partial charge in [0.25, 0.3) is 5.91 Å². The standard InChI is InChI=1S/C24H26FN3O2/c1-28-11-10-21(20(25)14-28)27-24(29)18-5-3-4-16(12-18)17-7-6-15-8-9-22(30-2)23(26)19(15)13-17/h3-9,12-13,20-21H,10-11,14,26H2,1-2H3,(H,27,29). The van der Waals surface area contributed by atoms with Crippen LogP contribution < -0.4 is 15.8 Å². The molecule has 1 saturated heterocycles. The van der Waals surface area contributed by atoms with Gasteiger partial charge in [-0.3, -0.25) is 4.79 Å². The molecule has 1 aliphatic heterocycles. The minimum absolute atomic E-state index is 0.254. The topological polar surface area (TPSA) is 67.6 Å². The molecule has 0 spiro atoms. The second-order valence-corrected chi connectivity index (χ2v) is 7.85. The third-order valence-corrected chi connectivity index (χ3v) is 5.76. The van der Waals surface area contributed by atoms with E-state index in [1.807, 2.05) is 60.5 Å². The summed E-state index contributed by atoms with van der Waals surface area (Å²) in [5.74, 6) is 0.378. The van der Waals surface area contributed by atoms with Crippen molar-refractivity contribution in [1.29, 1.82) is 0 Å². The zero-order valence-corrected chi connectivity index (χ0v) is 17.2. The smallest absolute Gasteiger partial charge is 0.251 e. The molecule has 2 atom stereocenters. The average molecular weight is 407 g/mol. The van der Waals surface area contributed by atoms with Crippen LogP contribution in [0.15, 0.2) is 54.6 Å². The van der Waals surface area contributed by atoms with Crippen molar-refractivity contribution in [3.63, 3.8) is 0 Å². The highest BCUT2D eigenvalue weighted by atomic mass is 19.1. The lowest BCUT2D eigenvalue weighted by Gasteiger charge is -2.32. The number of anilines is 1. The van der Waals surface area contributed by atoms with E-state index in [1.54, 1.807) is 13.2 Å². The Bertz CT molecular complexity index is 1090. The number of hydrogen-bond donors (Lipinski definition) is 2. The van der Waals surface area contributed by atoms with Gasteiger partial charge in [0.1, 0.15) is 11.9 Å². The molecule has 0 radical (unpaired) electrons. The SMILES string of the molecule is COc1ccc2ccc(-c3cccc(C(=O)NC4CCN(C)CC4F)c3)cc2c1N. The molecule has 0 aliphatic carbocycles. The van der Waals surface area contributed by atoms with E-state index in [4.69, 9.17) is 10.5 Å². The van der Waals surface area contributed by atoms with E-state index in [0.717, 1.165) is 28.4 Å². The van der Waals surface area contributed by atoms with Gasteiger partial charge in [0.05, 0.1) is 18.8 Å². The molecule has 0 saturated carbocycles. The molecule has 1 fully saturated rings. The molecule has 1 heterocycles. The number of halogens is 1. The number of benzene rings is 3. The first kappa shape index (κ1) is 20.2. The monoisotopic (exact) mass is 407 g/mol. The summed E-state index contributed by atoms with van der Waals surface area (Å²) in [5.41, 5.74) is 9.19. The molecule has 30 heavy (non-hydrogen) atoms. The fourth-order valence-electron chi connectivity index (χ4n) is 3.99. The van der Waals surface area contributed by atoms with Gasteiger partial charge in [-0.25, -0.2) is 4.39 Å². The number of likely N-dealkylation sites (tertiary alicyclic amines) is 1. The molecular formula is C24H26FN3O2. The van der Waals surface area contributed by atoms with Gasteiger partial charge in [-0.15, -0.1) is 0 Å². The summed E-state index contributed by atoms with van der Waals surface area (Å²) < 4.78 is 19.6. The van der Waals surface area contributed by atoms with Gasteiger partial charge in [0.2, 0.25) is 0 Å². The zero-order chi connectivity index (χ0) is 21.3. The lowest BCUT2D eigenvalue weighted by Crippen LogP contribution is -2.51. The molecule has 0 aromatic heterocycles. The number of nitrogens with zero attached hydrogens (tertiary/aromatic N) is 1. The Labute approximate surface area is 175 Å². The van der Waals surface area contributed by atoms with E-state index in [1.165, 1.54) is 0 Å². The first-order valence-electron chi connectivity index (χ1n) is 10.1. The maximum absolute atomic E-state index is 14.3. The Balaban J connectivity index is 1.60. The van der Waals surface area contributed by atoms with Gasteiger partial charge in [-0.2, -0.15) is 0 Å². The zero-order valence-electron chi connectivity index (χ0n) is 17.2. The van der Waals surface area contributed by atoms with Crippen LogP contribution in [0, 0.1) is 0 Å². The van der Waals surface area contributed by atoms with Crippen LogP contribution in [0.1, 0.15) is 16.8 Å². The molecule has 4 rings (SSSR count). The predicted molar refractivity (Wildman–Crippen MR) is 119 cm³/mol. The Morgan fingerprint density at radius 2 is 1.93 bits per heavy atom. The fourth-order valence-corrected chi connectivity index (χ4v) is 3.99. The van der Waals surface area contributed by atoms with Crippen LogP contribution >= 0.6 is 0 Å². The van der Waals surface area contributed by atoms with Gasteiger partial charge in [0, 0.05) is 24.0 Å². The van der Waals surface area contributed by atoms with Crippen LogP contribution in [0.5, 0.6) is 5.75 Å². The number of rotatable bonds is 4. The van der Waals surface area contributed by atoms with Crippen LogP contribution in [0.3, 0.4) is 0 Å². The van der Waals surface area contributed by atoms with Crippen molar-refractivity contribution >= 4 is 22.4 Å². The number of nitrogen functional groups attached to an aromatic ring is 1. The quantitative estimate of drug-likeness (QED) is 0.645. The summed E-state index contributed by atoms with van der Waals surface area (Å²) in [6.07, 6.45) is -0.455. The van der Waals surface area contributed by atoms with Crippen LogP contribution in [-0.2, 0) is 0 Å². The number of fused-ring (bicyclic) bond motifs is 1. The molecular weight excluding hydrogens is 381 g/mol. The first-order valence-corrected chi connectivity index (χ1v) is 10.1. The predicted octanol–water partition coefficient (Wildman–Crippen LogP) is 3.87. The summed E-state index contributed by atoms with van der Waals surface area (Å²) in [5, 5.41) is 4.77. The molecule has 3 aromatic rings. The highest BCUT2D eigenvalue weighted by Gasteiger charge is 2.29. The van der Waals surface area contributed by atoms with Crippen molar-refractivity contribution in [2.75, 3.05) is 33.0 Å². The van der Waals surface area contributed by atoms with E-state index in [-0.39, 0.29) is 5.91 Å². The second-order valence-electron chi connectivity index (χ2n) is 7.85. The van der Waals surface area contributed by atoms with E-state index in [9.17, 15) is 9.18 Å². The molecule has 1 aliphatic rings. The third-order valence-electron chi connectivity index (χ3n) is 5.76. The lowest BCUT2D eigenvalue weighted by molar-refractivity contribution is 0.0821. The van der Waals surface area contributed by atoms with Crippen LogP contribution in [0.25, 0.3) is 21.9 Å². The first-order chi connectivity index (χ1) is 14.5. The number of nitrogens with two attached hydrogens (primary N) is 1. The largest absolute Gasteiger partial charge is 0.495 e. The fraction of sp³-hybridized carbons (Fsp3) is 0.292. The van der Waals surface area contributed by atoms with E-state index in [2.05, 4.69) is 5.32 Å². The van der Waals surface area contributed by atoms with Gasteiger partial charge < -0.3 is 20.7 Å². The molecule has 6 heteroatoms. The molecule has 2 unspecified atom stereocenters. The lowest BCUT2D eigenvalue weighted by atomic mass is 9.98. The minimum atomic E-state index is -1.06. The number of ether oxygens (including phenoxy) is 1. The van der Waals surface area contributed by atoms with Crippen LogP contribution in [-0.4, -0.2) is 50.3 Å². The molecule has 3 aromatic carbocycles. The molecule has 5 nitrogen and oxygen atoms in total. The number of nitrogens with one attached hydrogen (secondary N) is 1. The summed E-state index contributed by atoms with van der Waals surface area (Å²) in [6.45, 7) is 1.11. The number of piperidine rings is 1. The number of hydrogen-bond acceptors (Lipinski definition) is 4. The highest BCUT2D eigenvalue weighted by molar-refractivity contribution is 5.99. The number of carbonyl (C=O) groups is 1. The van der Waals surface area contributed by atoms with Crippen molar-refractivity contribution in [2.24, 2.45) is 0 Å². The Morgan fingerprint density at radius 3 is 2.70 bits per heavy atom.